The number of likely N-dealkylation sites (tertiary alicyclic amines) is 1. The van der Waals surface area contributed by atoms with Crippen molar-refractivity contribution in [1.82, 2.24) is 10.2 Å². The number of carbonyl (C=O) groups is 1. The van der Waals surface area contributed by atoms with Crippen molar-refractivity contribution in [3.63, 3.8) is 0 Å². The molecule has 2 unspecified atom stereocenters. The average molecular weight is 224 g/mol. The molecular formula is C13H24N2O. The van der Waals surface area contributed by atoms with Gasteiger partial charge in [-0.3, -0.25) is 4.79 Å². The first-order valence-electron chi connectivity index (χ1n) is 6.78. The Morgan fingerprint density at radius 3 is 2.94 bits per heavy atom. The van der Waals surface area contributed by atoms with Gasteiger partial charge >= 0.3 is 0 Å². The Hall–Kier alpha value is -0.570. The maximum Gasteiger partial charge on any atom is 0.222 e. The highest BCUT2D eigenvalue weighted by atomic mass is 16.2. The molecule has 2 fully saturated rings. The Bertz CT molecular complexity index is 236. The number of piperidine rings is 1. The van der Waals surface area contributed by atoms with Crippen LogP contribution in [0.15, 0.2) is 0 Å². The molecule has 2 aliphatic heterocycles. The lowest BCUT2D eigenvalue weighted by Crippen LogP contribution is -2.40. The lowest BCUT2D eigenvalue weighted by molar-refractivity contribution is -0.133. The molecule has 1 amide bonds. The summed E-state index contributed by atoms with van der Waals surface area (Å²) < 4.78 is 0. The number of nitrogens with zero attached hydrogens (tertiary/aromatic N) is 1. The van der Waals surface area contributed by atoms with Crippen LogP contribution in [0.25, 0.3) is 0 Å². The van der Waals surface area contributed by atoms with Gasteiger partial charge in [-0.25, -0.2) is 0 Å². The van der Waals surface area contributed by atoms with Crippen molar-refractivity contribution >= 4 is 5.91 Å². The highest BCUT2D eigenvalue weighted by Gasteiger charge is 2.25. The van der Waals surface area contributed by atoms with Crippen LogP contribution in [0.1, 0.15) is 39.0 Å². The Morgan fingerprint density at radius 2 is 2.25 bits per heavy atom. The summed E-state index contributed by atoms with van der Waals surface area (Å²) in [6.45, 7) is 6.37. The van der Waals surface area contributed by atoms with Crippen molar-refractivity contribution < 1.29 is 4.79 Å². The SMILES string of the molecule is CCC1CCCN(C(=O)CC2CCNC2)C1. The second-order valence-corrected chi connectivity index (χ2v) is 5.32. The van der Waals surface area contributed by atoms with Gasteiger partial charge in [-0.15, -0.1) is 0 Å². The zero-order valence-electron chi connectivity index (χ0n) is 10.4. The highest BCUT2D eigenvalue weighted by molar-refractivity contribution is 5.76. The summed E-state index contributed by atoms with van der Waals surface area (Å²) in [7, 11) is 0. The minimum atomic E-state index is 0.395. The molecule has 0 radical (unpaired) electrons. The van der Waals surface area contributed by atoms with Crippen molar-refractivity contribution in [2.75, 3.05) is 26.2 Å². The number of nitrogens with one attached hydrogen (secondary N) is 1. The molecule has 0 bridgehead atoms. The molecule has 0 spiro atoms. The van der Waals surface area contributed by atoms with E-state index in [1.165, 1.54) is 25.7 Å². The number of amides is 1. The van der Waals surface area contributed by atoms with E-state index >= 15 is 0 Å². The Labute approximate surface area is 98.6 Å². The molecule has 2 atom stereocenters. The molecule has 2 heterocycles. The molecule has 0 aromatic carbocycles. The fraction of sp³-hybridized carbons (Fsp3) is 0.923. The largest absolute Gasteiger partial charge is 0.342 e. The predicted molar refractivity (Wildman–Crippen MR) is 65.2 cm³/mol. The molecule has 16 heavy (non-hydrogen) atoms. The van der Waals surface area contributed by atoms with Crippen LogP contribution in [0.3, 0.4) is 0 Å². The van der Waals surface area contributed by atoms with E-state index in [9.17, 15) is 4.79 Å². The van der Waals surface area contributed by atoms with Crippen LogP contribution in [0.4, 0.5) is 0 Å². The molecule has 92 valence electrons. The van der Waals surface area contributed by atoms with Gasteiger partial charge < -0.3 is 10.2 Å². The van der Waals surface area contributed by atoms with Gasteiger partial charge in [0.2, 0.25) is 5.91 Å². The third-order valence-electron chi connectivity index (χ3n) is 4.07. The van der Waals surface area contributed by atoms with E-state index in [1.54, 1.807) is 0 Å². The smallest absolute Gasteiger partial charge is 0.222 e. The molecule has 0 saturated carbocycles. The molecule has 3 heteroatoms. The third-order valence-corrected chi connectivity index (χ3v) is 4.07. The lowest BCUT2D eigenvalue weighted by atomic mass is 9.94. The van der Waals surface area contributed by atoms with Gasteiger partial charge in [-0.05, 0) is 44.2 Å². The van der Waals surface area contributed by atoms with Crippen molar-refractivity contribution in [3.05, 3.63) is 0 Å². The summed E-state index contributed by atoms with van der Waals surface area (Å²) in [6.07, 6.45) is 5.67. The van der Waals surface area contributed by atoms with Crippen LogP contribution in [0.2, 0.25) is 0 Å². The summed E-state index contributed by atoms with van der Waals surface area (Å²) in [5.41, 5.74) is 0. The Kier molecular flexibility index (Phi) is 4.22. The topological polar surface area (TPSA) is 32.3 Å². The quantitative estimate of drug-likeness (QED) is 0.790. The maximum absolute atomic E-state index is 12.1. The van der Waals surface area contributed by atoms with Gasteiger partial charge in [0.1, 0.15) is 0 Å². The molecule has 2 rings (SSSR count). The van der Waals surface area contributed by atoms with E-state index in [1.807, 2.05) is 0 Å². The molecule has 2 saturated heterocycles. The van der Waals surface area contributed by atoms with Crippen molar-refractivity contribution in [2.24, 2.45) is 11.8 Å². The van der Waals surface area contributed by atoms with E-state index in [2.05, 4.69) is 17.1 Å². The van der Waals surface area contributed by atoms with Gasteiger partial charge in [-0.2, -0.15) is 0 Å². The first-order chi connectivity index (χ1) is 7.79. The van der Waals surface area contributed by atoms with Crippen molar-refractivity contribution in [1.29, 1.82) is 0 Å². The lowest BCUT2D eigenvalue weighted by Gasteiger charge is -2.33. The second kappa shape index (κ2) is 5.67. The van der Waals surface area contributed by atoms with Crippen LogP contribution in [0, 0.1) is 11.8 Å². The average Bonchev–Trinajstić information content (AvgIpc) is 2.82. The third kappa shape index (κ3) is 2.97. The summed E-state index contributed by atoms with van der Waals surface area (Å²) in [5, 5.41) is 3.33. The van der Waals surface area contributed by atoms with Crippen LogP contribution in [-0.2, 0) is 4.79 Å². The minimum absolute atomic E-state index is 0.395. The summed E-state index contributed by atoms with van der Waals surface area (Å²) in [4.78, 5) is 14.2. The van der Waals surface area contributed by atoms with Crippen LogP contribution in [0.5, 0.6) is 0 Å². The predicted octanol–water partition coefficient (Wildman–Crippen LogP) is 1.63. The van der Waals surface area contributed by atoms with Crippen LogP contribution < -0.4 is 5.32 Å². The maximum atomic E-state index is 12.1. The Balaban J connectivity index is 1.79. The standard InChI is InChI=1S/C13H24N2O/c1-2-11-4-3-7-15(10-11)13(16)8-12-5-6-14-9-12/h11-12,14H,2-10H2,1H3. The monoisotopic (exact) mass is 224 g/mol. The molecular weight excluding hydrogens is 200 g/mol. The first-order valence-corrected chi connectivity index (χ1v) is 6.78. The molecule has 0 aromatic heterocycles. The molecule has 0 aliphatic carbocycles. The summed E-state index contributed by atoms with van der Waals surface area (Å²) in [6, 6.07) is 0. The zero-order valence-corrected chi connectivity index (χ0v) is 10.4. The van der Waals surface area contributed by atoms with E-state index in [0.29, 0.717) is 11.8 Å². The Morgan fingerprint density at radius 1 is 1.38 bits per heavy atom. The summed E-state index contributed by atoms with van der Waals surface area (Å²) in [5.74, 6) is 1.74. The van der Waals surface area contributed by atoms with Crippen LogP contribution >= 0.6 is 0 Å². The fourth-order valence-corrected chi connectivity index (χ4v) is 2.89. The van der Waals surface area contributed by atoms with Crippen molar-refractivity contribution in [2.45, 2.75) is 39.0 Å². The number of hydrogen-bond acceptors (Lipinski definition) is 2. The van der Waals surface area contributed by atoms with E-state index < -0.39 is 0 Å². The van der Waals surface area contributed by atoms with Gasteiger partial charge in [0.15, 0.2) is 0 Å². The number of rotatable bonds is 3. The van der Waals surface area contributed by atoms with Gasteiger partial charge in [0.25, 0.3) is 0 Å². The normalized spacial score (nSPS) is 30.7. The number of hydrogen-bond donors (Lipinski definition) is 1. The van der Waals surface area contributed by atoms with E-state index in [-0.39, 0.29) is 0 Å². The molecule has 1 N–H and O–H groups in total. The zero-order chi connectivity index (χ0) is 11.4. The minimum Gasteiger partial charge on any atom is -0.342 e. The van der Waals surface area contributed by atoms with Crippen molar-refractivity contribution in [3.8, 4) is 0 Å². The highest BCUT2D eigenvalue weighted by Crippen LogP contribution is 2.21. The van der Waals surface area contributed by atoms with Gasteiger partial charge in [0, 0.05) is 19.5 Å². The summed E-state index contributed by atoms with van der Waals surface area (Å²) >= 11 is 0. The fourth-order valence-electron chi connectivity index (χ4n) is 2.89. The number of carbonyl (C=O) groups excluding carboxylic acids is 1. The molecule has 2 aliphatic rings. The second-order valence-electron chi connectivity index (χ2n) is 5.32. The molecule has 3 nitrogen and oxygen atoms in total. The first kappa shape index (κ1) is 11.9. The van der Waals surface area contributed by atoms with Gasteiger partial charge in [-0.1, -0.05) is 13.3 Å². The van der Waals surface area contributed by atoms with E-state index in [4.69, 9.17) is 0 Å². The van der Waals surface area contributed by atoms with Crippen LogP contribution in [-0.4, -0.2) is 37.0 Å². The van der Waals surface area contributed by atoms with Gasteiger partial charge in [0.05, 0.1) is 0 Å². The molecule has 0 aromatic rings. The van der Waals surface area contributed by atoms with E-state index in [0.717, 1.165) is 38.5 Å².